The van der Waals surface area contributed by atoms with Gasteiger partial charge < -0.3 is 19.9 Å². The van der Waals surface area contributed by atoms with Crippen LogP contribution in [0.2, 0.25) is 0 Å². The van der Waals surface area contributed by atoms with E-state index in [1.54, 1.807) is 24.3 Å². The van der Waals surface area contributed by atoms with Crippen LogP contribution in [0.5, 0.6) is 0 Å². The Balaban J connectivity index is 2.20. The van der Waals surface area contributed by atoms with Crippen LogP contribution in [0.4, 0.5) is 0 Å². The summed E-state index contributed by atoms with van der Waals surface area (Å²) in [7, 11) is -1.46. The maximum Gasteiger partial charge on any atom is 0.488 e. The van der Waals surface area contributed by atoms with Crippen LogP contribution in [0, 0.1) is 0 Å². The fourth-order valence-corrected chi connectivity index (χ4v) is 1.96. The van der Waals surface area contributed by atoms with E-state index >= 15 is 0 Å². The molecule has 0 atom stereocenters. The van der Waals surface area contributed by atoms with Crippen molar-refractivity contribution in [3.8, 4) is 0 Å². The SMILES string of the molecule is OB(O)c1ccc(C2(O)CCOCC2)cc1. The maximum atomic E-state index is 10.4. The summed E-state index contributed by atoms with van der Waals surface area (Å²) in [4.78, 5) is 0. The van der Waals surface area contributed by atoms with Crippen molar-refractivity contribution in [2.24, 2.45) is 0 Å². The van der Waals surface area contributed by atoms with Crippen molar-refractivity contribution in [1.82, 2.24) is 0 Å². The van der Waals surface area contributed by atoms with Crippen LogP contribution < -0.4 is 5.46 Å². The van der Waals surface area contributed by atoms with Crippen LogP contribution in [0.25, 0.3) is 0 Å². The van der Waals surface area contributed by atoms with E-state index in [1.807, 2.05) is 0 Å². The first-order valence-electron chi connectivity index (χ1n) is 5.38. The highest BCUT2D eigenvalue weighted by atomic mass is 16.5. The van der Waals surface area contributed by atoms with Gasteiger partial charge in [-0.3, -0.25) is 0 Å². The molecule has 3 N–H and O–H groups in total. The molecule has 16 heavy (non-hydrogen) atoms. The first-order chi connectivity index (χ1) is 7.62. The number of rotatable bonds is 2. The van der Waals surface area contributed by atoms with Crippen molar-refractivity contribution >= 4 is 12.6 Å². The minimum atomic E-state index is -1.46. The molecule has 2 rings (SSSR count). The minimum absolute atomic E-state index is 0.430. The lowest BCUT2D eigenvalue weighted by molar-refractivity contribution is -0.0679. The summed E-state index contributed by atoms with van der Waals surface area (Å²) in [5.41, 5.74) is 0.400. The minimum Gasteiger partial charge on any atom is -0.423 e. The second-order valence-electron chi connectivity index (χ2n) is 4.14. The predicted octanol–water partition coefficient (Wildman–Crippen LogP) is -0.636. The molecule has 0 saturated carbocycles. The van der Waals surface area contributed by atoms with E-state index in [-0.39, 0.29) is 0 Å². The Morgan fingerprint density at radius 1 is 1.06 bits per heavy atom. The summed E-state index contributed by atoms with van der Waals surface area (Å²) in [6.07, 6.45) is 1.15. The lowest BCUT2D eigenvalue weighted by Gasteiger charge is -2.32. The van der Waals surface area contributed by atoms with Gasteiger partial charge in [-0.15, -0.1) is 0 Å². The van der Waals surface area contributed by atoms with Gasteiger partial charge in [0.1, 0.15) is 0 Å². The standard InChI is InChI=1S/C11H15BO4/c13-11(5-7-16-8-6-11)9-1-3-10(4-2-9)12(14)15/h1-4,13-15H,5-8H2. The fraction of sp³-hybridized carbons (Fsp3) is 0.455. The molecule has 1 saturated heterocycles. The molecule has 0 radical (unpaired) electrons. The van der Waals surface area contributed by atoms with Crippen molar-refractivity contribution < 1.29 is 19.9 Å². The van der Waals surface area contributed by atoms with E-state index in [2.05, 4.69) is 0 Å². The monoisotopic (exact) mass is 222 g/mol. The quantitative estimate of drug-likeness (QED) is 0.582. The molecule has 1 aliphatic rings. The Kier molecular flexibility index (Phi) is 3.30. The molecule has 0 aliphatic carbocycles. The Morgan fingerprint density at radius 2 is 1.62 bits per heavy atom. The number of hydrogen-bond donors (Lipinski definition) is 3. The molecule has 0 bridgehead atoms. The molecule has 1 aromatic rings. The Hall–Kier alpha value is -0.875. The topological polar surface area (TPSA) is 69.9 Å². The molecule has 86 valence electrons. The van der Waals surface area contributed by atoms with E-state index < -0.39 is 12.7 Å². The first kappa shape index (κ1) is 11.6. The summed E-state index contributed by atoms with van der Waals surface area (Å²) in [6.45, 7) is 1.11. The molecule has 1 heterocycles. The molecule has 1 aromatic carbocycles. The number of ether oxygens (including phenoxy) is 1. The lowest BCUT2D eigenvalue weighted by Crippen LogP contribution is -2.35. The van der Waals surface area contributed by atoms with Gasteiger partial charge in [0.2, 0.25) is 0 Å². The Labute approximate surface area is 94.6 Å². The van der Waals surface area contributed by atoms with E-state index in [0.29, 0.717) is 31.5 Å². The predicted molar refractivity (Wildman–Crippen MR) is 60.2 cm³/mol. The number of benzene rings is 1. The molecular formula is C11H15BO4. The highest BCUT2D eigenvalue weighted by Gasteiger charge is 2.31. The lowest BCUT2D eigenvalue weighted by atomic mass is 9.78. The van der Waals surface area contributed by atoms with Gasteiger partial charge in [0.05, 0.1) is 5.60 Å². The zero-order valence-corrected chi connectivity index (χ0v) is 8.97. The van der Waals surface area contributed by atoms with Crippen molar-refractivity contribution in [1.29, 1.82) is 0 Å². The largest absolute Gasteiger partial charge is 0.488 e. The molecular weight excluding hydrogens is 207 g/mol. The van der Waals surface area contributed by atoms with Gasteiger partial charge in [-0.2, -0.15) is 0 Å². The van der Waals surface area contributed by atoms with Gasteiger partial charge in [0.25, 0.3) is 0 Å². The van der Waals surface area contributed by atoms with E-state index in [4.69, 9.17) is 14.8 Å². The zero-order chi connectivity index (χ0) is 11.6. The molecule has 0 amide bonds. The smallest absolute Gasteiger partial charge is 0.423 e. The third-order valence-corrected chi connectivity index (χ3v) is 3.07. The highest BCUT2D eigenvalue weighted by Crippen LogP contribution is 2.31. The molecule has 0 unspecified atom stereocenters. The van der Waals surface area contributed by atoms with E-state index in [9.17, 15) is 5.11 Å². The van der Waals surface area contributed by atoms with Crippen LogP contribution in [-0.2, 0) is 10.3 Å². The molecule has 4 nitrogen and oxygen atoms in total. The van der Waals surface area contributed by atoms with Gasteiger partial charge >= 0.3 is 7.12 Å². The van der Waals surface area contributed by atoms with Crippen LogP contribution in [0.15, 0.2) is 24.3 Å². The van der Waals surface area contributed by atoms with Crippen LogP contribution in [0.1, 0.15) is 18.4 Å². The first-order valence-corrected chi connectivity index (χ1v) is 5.38. The van der Waals surface area contributed by atoms with Gasteiger partial charge in [0.15, 0.2) is 0 Å². The summed E-state index contributed by atoms with van der Waals surface area (Å²) in [5.74, 6) is 0. The zero-order valence-electron chi connectivity index (χ0n) is 8.97. The third kappa shape index (κ3) is 2.27. The maximum absolute atomic E-state index is 10.4. The molecule has 1 aliphatic heterocycles. The molecule has 0 aromatic heterocycles. The summed E-state index contributed by atoms with van der Waals surface area (Å²) < 4.78 is 5.21. The average Bonchev–Trinajstić information content (AvgIpc) is 2.30. The summed E-state index contributed by atoms with van der Waals surface area (Å²) in [6, 6.07) is 6.71. The van der Waals surface area contributed by atoms with Crippen LogP contribution in [-0.4, -0.2) is 35.5 Å². The summed E-state index contributed by atoms with van der Waals surface area (Å²) >= 11 is 0. The van der Waals surface area contributed by atoms with E-state index in [1.165, 1.54) is 0 Å². The third-order valence-electron chi connectivity index (χ3n) is 3.07. The van der Waals surface area contributed by atoms with Crippen molar-refractivity contribution in [2.75, 3.05) is 13.2 Å². The second-order valence-corrected chi connectivity index (χ2v) is 4.14. The fourth-order valence-electron chi connectivity index (χ4n) is 1.96. The van der Waals surface area contributed by atoms with Gasteiger partial charge in [-0.25, -0.2) is 0 Å². The molecule has 5 heteroatoms. The molecule has 0 spiro atoms. The van der Waals surface area contributed by atoms with Crippen LogP contribution >= 0.6 is 0 Å². The van der Waals surface area contributed by atoms with Gasteiger partial charge in [-0.1, -0.05) is 24.3 Å². The Bertz CT molecular complexity index is 344. The van der Waals surface area contributed by atoms with Crippen LogP contribution in [0.3, 0.4) is 0 Å². The second kappa shape index (κ2) is 4.55. The normalized spacial score (nSPS) is 19.4. The number of aliphatic hydroxyl groups is 1. The average molecular weight is 222 g/mol. The summed E-state index contributed by atoms with van der Waals surface area (Å²) in [5, 5.41) is 28.3. The number of hydrogen-bond acceptors (Lipinski definition) is 4. The van der Waals surface area contributed by atoms with Crippen molar-refractivity contribution in [2.45, 2.75) is 18.4 Å². The van der Waals surface area contributed by atoms with Gasteiger partial charge in [-0.05, 0) is 11.0 Å². The highest BCUT2D eigenvalue weighted by molar-refractivity contribution is 6.58. The van der Waals surface area contributed by atoms with E-state index in [0.717, 1.165) is 5.56 Å². The Morgan fingerprint density at radius 3 is 2.12 bits per heavy atom. The van der Waals surface area contributed by atoms with Crippen molar-refractivity contribution in [3.05, 3.63) is 29.8 Å². The van der Waals surface area contributed by atoms with Crippen molar-refractivity contribution in [3.63, 3.8) is 0 Å². The molecule has 1 fully saturated rings. The van der Waals surface area contributed by atoms with Gasteiger partial charge in [0, 0.05) is 26.1 Å².